The van der Waals surface area contributed by atoms with Crippen LogP contribution < -0.4 is 16.4 Å². The standard InChI is InChI=1S/C16H14N4O5/c17-15(22)10-4-6-12(7-5-10)19-14(21)9-18-16(23)11-2-1-3-13(8-11)20(24)25/h1-8H,9H2,(H2,17,22)(H,18,23)(H,19,21). The summed E-state index contributed by atoms with van der Waals surface area (Å²) in [6, 6.07) is 11.1. The summed E-state index contributed by atoms with van der Waals surface area (Å²) < 4.78 is 0. The molecule has 128 valence electrons. The van der Waals surface area contributed by atoms with Crippen molar-refractivity contribution in [2.24, 2.45) is 5.73 Å². The molecule has 3 amide bonds. The number of benzene rings is 2. The Balaban J connectivity index is 1.91. The first-order valence-corrected chi connectivity index (χ1v) is 7.09. The van der Waals surface area contributed by atoms with Gasteiger partial charge in [0.2, 0.25) is 11.8 Å². The van der Waals surface area contributed by atoms with Crippen LogP contribution >= 0.6 is 0 Å². The highest BCUT2D eigenvalue weighted by Crippen LogP contribution is 2.13. The maximum Gasteiger partial charge on any atom is 0.270 e. The van der Waals surface area contributed by atoms with Gasteiger partial charge in [-0.1, -0.05) is 6.07 Å². The molecule has 9 nitrogen and oxygen atoms in total. The number of amides is 3. The number of non-ortho nitro benzene ring substituents is 1. The van der Waals surface area contributed by atoms with Gasteiger partial charge >= 0.3 is 0 Å². The molecule has 0 spiro atoms. The van der Waals surface area contributed by atoms with Crippen molar-refractivity contribution >= 4 is 29.1 Å². The molecule has 0 aliphatic rings. The minimum Gasteiger partial charge on any atom is -0.366 e. The summed E-state index contributed by atoms with van der Waals surface area (Å²) in [6.45, 7) is -0.320. The number of rotatable bonds is 6. The average molecular weight is 342 g/mol. The number of nitrogens with one attached hydrogen (secondary N) is 2. The first kappa shape index (κ1) is 17.6. The molecule has 0 atom stereocenters. The third-order valence-corrected chi connectivity index (χ3v) is 3.18. The van der Waals surface area contributed by atoms with Crippen LogP contribution in [0.3, 0.4) is 0 Å². The number of anilines is 1. The molecule has 0 aliphatic carbocycles. The number of hydrogen-bond donors (Lipinski definition) is 3. The monoisotopic (exact) mass is 342 g/mol. The summed E-state index contributed by atoms with van der Waals surface area (Å²) in [5.74, 6) is -1.68. The fourth-order valence-corrected chi connectivity index (χ4v) is 1.95. The van der Waals surface area contributed by atoms with E-state index in [1.54, 1.807) is 0 Å². The van der Waals surface area contributed by atoms with Gasteiger partial charge in [0.05, 0.1) is 11.5 Å². The molecule has 0 heterocycles. The minimum absolute atomic E-state index is 0.0767. The highest BCUT2D eigenvalue weighted by atomic mass is 16.6. The molecule has 0 aliphatic heterocycles. The van der Waals surface area contributed by atoms with Crippen LogP contribution in [0.5, 0.6) is 0 Å². The van der Waals surface area contributed by atoms with Gasteiger partial charge < -0.3 is 16.4 Å². The van der Waals surface area contributed by atoms with E-state index in [1.807, 2.05) is 0 Å². The Morgan fingerprint density at radius 2 is 1.72 bits per heavy atom. The molecule has 0 unspecified atom stereocenters. The van der Waals surface area contributed by atoms with Crippen LogP contribution in [0, 0.1) is 10.1 Å². The van der Waals surface area contributed by atoms with Crippen molar-refractivity contribution in [3.8, 4) is 0 Å². The highest BCUT2D eigenvalue weighted by Gasteiger charge is 2.12. The van der Waals surface area contributed by atoms with E-state index in [4.69, 9.17) is 5.73 Å². The summed E-state index contributed by atoms with van der Waals surface area (Å²) in [5, 5.41) is 15.6. The molecule has 25 heavy (non-hydrogen) atoms. The first-order chi connectivity index (χ1) is 11.9. The lowest BCUT2D eigenvalue weighted by Crippen LogP contribution is -2.32. The predicted octanol–water partition coefficient (Wildman–Crippen LogP) is 1.06. The van der Waals surface area contributed by atoms with Gasteiger partial charge in [0.1, 0.15) is 0 Å². The SMILES string of the molecule is NC(=O)c1ccc(NC(=O)CNC(=O)c2cccc([N+](=O)[O-])c2)cc1. The summed E-state index contributed by atoms with van der Waals surface area (Å²) >= 11 is 0. The maximum absolute atomic E-state index is 11.9. The first-order valence-electron chi connectivity index (χ1n) is 7.09. The van der Waals surface area contributed by atoms with E-state index in [1.165, 1.54) is 42.5 Å². The number of carbonyl (C=O) groups excluding carboxylic acids is 3. The number of primary amides is 1. The quantitative estimate of drug-likeness (QED) is 0.531. The number of hydrogen-bond acceptors (Lipinski definition) is 5. The summed E-state index contributed by atoms with van der Waals surface area (Å²) in [5.41, 5.74) is 5.71. The second kappa shape index (κ2) is 7.68. The van der Waals surface area contributed by atoms with Crippen molar-refractivity contribution in [1.29, 1.82) is 0 Å². The van der Waals surface area contributed by atoms with E-state index >= 15 is 0 Å². The smallest absolute Gasteiger partial charge is 0.270 e. The van der Waals surface area contributed by atoms with Crippen molar-refractivity contribution in [3.63, 3.8) is 0 Å². The predicted molar refractivity (Wildman–Crippen MR) is 89.0 cm³/mol. The third kappa shape index (κ3) is 4.86. The van der Waals surface area contributed by atoms with Crippen LogP contribution in [0.4, 0.5) is 11.4 Å². The molecule has 2 aromatic carbocycles. The third-order valence-electron chi connectivity index (χ3n) is 3.18. The van der Waals surface area contributed by atoms with Gasteiger partial charge in [-0.3, -0.25) is 24.5 Å². The summed E-state index contributed by atoms with van der Waals surface area (Å²) in [6.07, 6.45) is 0. The van der Waals surface area contributed by atoms with Crippen molar-refractivity contribution < 1.29 is 19.3 Å². The molecule has 9 heteroatoms. The molecular formula is C16H14N4O5. The Hall–Kier alpha value is -3.75. The van der Waals surface area contributed by atoms with E-state index < -0.39 is 22.6 Å². The Morgan fingerprint density at radius 1 is 1.04 bits per heavy atom. The Morgan fingerprint density at radius 3 is 2.32 bits per heavy atom. The maximum atomic E-state index is 11.9. The largest absolute Gasteiger partial charge is 0.366 e. The van der Waals surface area contributed by atoms with E-state index in [0.717, 1.165) is 6.07 Å². The lowest BCUT2D eigenvalue weighted by molar-refractivity contribution is -0.384. The fourth-order valence-electron chi connectivity index (χ4n) is 1.95. The van der Waals surface area contributed by atoms with Gasteiger partial charge in [-0.25, -0.2) is 0 Å². The van der Waals surface area contributed by atoms with Crippen molar-refractivity contribution in [2.75, 3.05) is 11.9 Å². The average Bonchev–Trinajstić information content (AvgIpc) is 2.60. The van der Waals surface area contributed by atoms with E-state index in [9.17, 15) is 24.5 Å². The van der Waals surface area contributed by atoms with Crippen LogP contribution in [-0.2, 0) is 4.79 Å². The van der Waals surface area contributed by atoms with Crippen LogP contribution in [0.25, 0.3) is 0 Å². The molecule has 0 aromatic heterocycles. The summed E-state index contributed by atoms with van der Waals surface area (Å²) in [4.78, 5) is 44.8. The van der Waals surface area contributed by atoms with Crippen molar-refractivity contribution in [3.05, 3.63) is 69.8 Å². The topological polar surface area (TPSA) is 144 Å². The molecule has 2 rings (SSSR count). The van der Waals surface area contributed by atoms with Gasteiger partial charge in [-0.2, -0.15) is 0 Å². The molecule has 0 saturated carbocycles. The zero-order valence-corrected chi connectivity index (χ0v) is 12.9. The molecule has 0 saturated heterocycles. The van der Waals surface area contributed by atoms with Crippen LogP contribution in [-0.4, -0.2) is 29.2 Å². The number of nitro groups is 1. The molecular weight excluding hydrogens is 328 g/mol. The molecule has 0 fully saturated rings. The van der Waals surface area contributed by atoms with Crippen LogP contribution in [0.1, 0.15) is 20.7 Å². The number of nitro benzene ring substituents is 1. The summed E-state index contributed by atoms with van der Waals surface area (Å²) in [7, 11) is 0. The Bertz CT molecular complexity index is 833. The van der Waals surface area contributed by atoms with Gasteiger partial charge in [-0.05, 0) is 30.3 Å². The van der Waals surface area contributed by atoms with E-state index in [-0.39, 0.29) is 17.8 Å². The van der Waals surface area contributed by atoms with Gasteiger partial charge in [0.25, 0.3) is 11.6 Å². The minimum atomic E-state index is -0.612. The second-order valence-electron chi connectivity index (χ2n) is 4.98. The molecule has 0 bridgehead atoms. The van der Waals surface area contributed by atoms with E-state index in [0.29, 0.717) is 11.3 Å². The lowest BCUT2D eigenvalue weighted by Gasteiger charge is -2.07. The lowest BCUT2D eigenvalue weighted by atomic mass is 10.2. The van der Waals surface area contributed by atoms with Crippen LogP contribution in [0.15, 0.2) is 48.5 Å². The van der Waals surface area contributed by atoms with Gasteiger partial charge in [-0.15, -0.1) is 0 Å². The van der Waals surface area contributed by atoms with Gasteiger partial charge in [0, 0.05) is 28.9 Å². The van der Waals surface area contributed by atoms with Gasteiger partial charge in [0.15, 0.2) is 0 Å². The second-order valence-corrected chi connectivity index (χ2v) is 4.98. The van der Waals surface area contributed by atoms with Crippen molar-refractivity contribution in [2.45, 2.75) is 0 Å². The van der Waals surface area contributed by atoms with Crippen LogP contribution in [0.2, 0.25) is 0 Å². The Labute approximate surface area is 142 Å². The molecule has 0 radical (unpaired) electrons. The zero-order chi connectivity index (χ0) is 18.4. The zero-order valence-electron chi connectivity index (χ0n) is 12.9. The number of carbonyl (C=O) groups is 3. The Kier molecular flexibility index (Phi) is 5.41. The number of nitrogens with two attached hydrogens (primary N) is 1. The number of nitrogens with zero attached hydrogens (tertiary/aromatic N) is 1. The van der Waals surface area contributed by atoms with Crippen molar-refractivity contribution in [1.82, 2.24) is 5.32 Å². The highest BCUT2D eigenvalue weighted by molar-refractivity contribution is 6.00. The molecule has 4 N–H and O–H groups in total. The molecule has 2 aromatic rings. The normalized spacial score (nSPS) is 9.92. The fraction of sp³-hybridized carbons (Fsp3) is 0.0625. The van der Waals surface area contributed by atoms with E-state index in [2.05, 4.69) is 10.6 Å².